The highest BCUT2D eigenvalue weighted by Gasteiger charge is 2.75. The molecule has 0 radical (unpaired) electrons. The highest BCUT2D eigenvalue weighted by molar-refractivity contribution is 6.01. The average molecular weight is 473 g/mol. The molecule has 5 aliphatic rings. The fraction of sp³-hybridized carbons (Fsp3) is 0.786. The molecular weight excluding hydrogens is 432 g/mol. The van der Waals surface area contributed by atoms with Gasteiger partial charge < -0.3 is 19.3 Å². The van der Waals surface area contributed by atoms with Crippen molar-refractivity contribution in [3.8, 4) is 0 Å². The lowest BCUT2D eigenvalue weighted by atomic mass is 9.46. The lowest BCUT2D eigenvalue weighted by Crippen LogP contribution is -2.63. The van der Waals surface area contributed by atoms with E-state index in [4.69, 9.17) is 14.2 Å². The first kappa shape index (κ1) is 24.4. The first-order valence-electron chi connectivity index (χ1n) is 13.2. The Morgan fingerprint density at radius 2 is 2.09 bits per heavy atom. The van der Waals surface area contributed by atoms with E-state index in [1.165, 1.54) is 0 Å². The number of ketones is 2. The van der Waals surface area contributed by atoms with Crippen LogP contribution < -0.4 is 0 Å². The van der Waals surface area contributed by atoms with Gasteiger partial charge in [0.25, 0.3) is 0 Å². The van der Waals surface area contributed by atoms with Crippen molar-refractivity contribution in [1.82, 2.24) is 0 Å². The number of aliphatic hydroxyl groups excluding tert-OH is 1. The summed E-state index contributed by atoms with van der Waals surface area (Å²) in [4.78, 5) is 26.0. The molecule has 1 aliphatic heterocycles. The molecule has 4 fully saturated rings. The summed E-state index contributed by atoms with van der Waals surface area (Å²) in [7, 11) is 0. The lowest BCUT2D eigenvalue weighted by molar-refractivity contribution is -0.201. The third-order valence-corrected chi connectivity index (χ3v) is 9.78. The molecule has 0 spiro atoms. The van der Waals surface area contributed by atoms with Gasteiger partial charge in [0.2, 0.25) is 0 Å². The Kier molecular flexibility index (Phi) is 5.99. The largest absolute Gasteiger partial charge is 0.393 e. The average Bonchev–Trinajstić information content (AvgIpc) is 3.25. The molecule has 3 saturated carbocycles. The van der Waals surface area contributed by atoms with Gasteiger partial charge in [-0.3, -0.25) is 9.59 Å². The molecule has 0 amide bonds. The second kappa shape index (κ2) is 8.36. The molecule has 5 rings (SSSR count). The summed E-state index contributed by atoms with van der Waals surface area (Å²) < 4.78 is 18.8. The van der Waals surface area contributed by atoms with Gasteiger partial charge in [0, 0.05) is 16.7 Å². The van der Waals surface area contributed by atoms with Gasteiger partial charge in [0.05, 0.1) is 18.3 Å². The first-order valence-corrected chi connectivity index (χ1v) is 13.2. The summed E-state index contributed by atoms with van der Waals surface area (Å²) in [5.41, 5.74) is -0.828. The van der Waals surface area contributed by atoms with Gasteiger partial charge in [0.1, 0.15) is 6.61 Å². The maximum Gasteiger partial charge on any atom is 0.193 e. The number of hydrogen-bond donors (Lipinski definition) is 1. The maximum absolute atomic E-state index is 13.9. The predicted octanol–water partition coefficient (Wildman–Crippen LogP) is 4.15. The zero-order chi connectivity index (χ0) is 24.5. The van der Waals surface area contributed by atoms with Gasteiger partial charge in [0.15, 0.2) is 23.5 Å². The smallest absolute Gasteiger partial charge is 0.193 e. The number of carbonyl (C=O) groups is 2. The van der Waals surface area contributed by atoms with Gasteiger partial charge >= 0.3 is 0 Å². The normalized spacial score (nSPS) is 47.1. The number of hydrogen-bond acceptors (Lipinski definition) is 6. The molecule has 1 N–H and O–H groups in total. The van der Waals surface area contributed by atoms with Crippen molar-refractivity contribution in [2.75, 3.05) is 6.61 Å². The van der Waals surface area contributed by atoms with Crippen LogP contribution >= 0.6 is 0 Å². The predicted molar refractivity (Wildman–Crippen MR) is 127 cm³/mol. The first-order chi connectivity index (χ1) is 16.1. The molecule has 6 heteroatoms. The van der Waals surface area contributed by atoms with E-state index >= 15 is 0 Å². The molecule has 188 valence electrons. The molecule has 0 aromatic rings. The summed E-state index contributed by atoms with van der Waals surface area (Å²) >= 11 is 0. The van der Waals surface area contributed by atoms with E-state index in [-0.39, 0.29) is 53.6 Å². The number of carbonyl (C=O) groups excluding carboxylic acids is 2. The Bertz CT molecular complexity index is 922. The van der Waals surface area contributed by atoms with Crippen molar-refractivity contribution in [1.29, 1.82) is 0 Å². The van der Waals surface area contributed by atoms with Crippen LogP contribution in [0.4, 0.5) is 0 Å². The van der Waals surface area contributed by atoms with Crippen molar-refractivity contribution >= 4 is 11.6 Å². The van der Waals surface area contributed by atoms with Crippen LogP contribution in [0.5, 0.6) is 0 Å². The van der Waals surface area contributed by atoms with E-state index in [2.05, 4.69) is 20.8 Å². The fourth-order valence-electron chi connectivity index (χ4n) is 8.36. The summed E-state index contributed by atoms with van der Waals surface area (Å²) in [6, 6.07) is 0. The van der Waals surface area contributed by atoms with Crippen molar-refractivity contribution < 1.29 is 28.9 Å². The molecule has 5 unspecified atom stereocenters. The van der Waals surface area contributed by atoms with E-state index in [0.29, 0.717) is 6.42 Å². The van der Waals surface area contributed by atoms with Crippen LogP contribution in [0.25, 0.3) is 0 Å². The quantitative estimate of drug-likeness (QED) is 0.625. The number of rotatable bonds is 6. The van der Waals surface area contributed by atoms with Crippen LogP contribution in [0, 0.1) is 28.6 Å². The van der Waals surface area contributed by atoms with Gasteiger partial charge in [-0.25, -0.2) is 0 Å². The molecule has 1 heterocycles. The molecule has 6 nitrogen and oxygen atoms in total. The SMILES string of the molecule is CCCC1O[C@@H]2CC3C4CCC5=CC(=O)C=C[C@]5(C)C4C(O)C[C@]3(C)[C@]2(C(=O)COC(C)C)O1. The number of ether oxygens (including phenoxy) is 3. The second-order valence-corrected chi connectivity index (χ2v) is 11.9. The van der Waals surface area contributed by atoms with Gasteiger partial charge in [-0.15, -0.1) is 0 Å². The van der Waals surface area contributed by atoms with Gasteiger partial charge in [-0.05, 0) is 69.9 Å². The van der Waals surface area contributed by atoms with E-state index in [0.717, 1.165) is 37.7 Å². The van der Waals surface area contributed by atoms with E-state index in [1.807, 2.05) is 19.9 Å². The van der Waals surface area contributed by atoms with Crippen molar-refractivity contribution in [3.63, 3.8) is 0 Å². The van der Waals surface area contributed by atoms with Crippen LogP contribution in [-0.4, -0.2) is 53.5 Å². The summed E-state index contributed by atoms with van der Waals surface area (Å²) in [5, 5.41) is 11.7. The van der Waals surface area contributed by atoms with Crippen LogP contribution in [0.3, 0.4) is 0 Å². The maximum atomic E-state index is 13.9. The van der Waals surface area contributed by atoms with E-state index < -0.39 is 23.4 Å². The topological polar surface area (TPSA) is 82.1 Å². The summed E-state index contributed by atoms with van der Waals surface area (Å²) in [5.74, 6) is 0.424. The van der Waals surface area contributed by atoms with Crippen molar-refractivity contribution in [2.24, 2.45) is 28.6 Å². The number of fused-ring (bicyclic) bond motifs is 7. The van der Waals surface area contributed by atoms with E-state index in [1.54, 1.807) is 12.2 Å². The zero-order valence-electron chi connectivity index (χ0n) is 21.2. The molecule has 1 saturated heterocycles. The molecule has 0 bridgehead atoms. The Hall–Kier alpha value is -1.34. The zero-order valence-corrected chi connectivity index (χ0v) is 21.2. The molecule has 34 heavy (non-hydrogen) atoms. The molecule has 0 aromatic carbocycles. The number of allylic oxidation sites excluding steroid dienone is 4. The summed E-state index contributed by atoms with van der Waals surface area (Å²) in [6.07, 6.45) is 8.74. The molecule has 9 atom stereocenters. The standard InChI is InChI=1S/C28H40O6/c1-6-7-24-33-23-13-20-19-9-8-17-12-18(29)10-11-26(17,4)25(19)21(30)14-27(20,5)28(23,34-24)22(31)15-32-16(2)3/h10-12,16,19-21,23-25,30H,6-9,13-15H2,1-5H3/t19?,20?,21?,23-,24?,25?,26+,27+,28-/m1/s1. The minimum Gasteiger partial charge on any atom is -0.393 e. The second-order valence-electron chi connectivity index (χ2n) is 11.9. The Labute approximate surface area is 203 Å². The Morgan fingerprint density at radius 3 is 2.79 bits per heavy atom. The van der Waals surface area contributed by atoms with Crippen molar-refractivity contribution in [3.05, 3.63) is 23.8 Å². The summed E-state index contributed by atoms with van der Waals surface area (Å²) in [6.45, 7) is 10.3. The van der Waals surface area contributed by atoms with Gasteiger partial charge in [-0.2, -0.15) is 0 Å². The molecule has 4 aliphatic carbocycles. The van der Waals surface area contributed by atoms with Crippen molar-refractivity contribution in [2.45, 2.75) is 103 Å². The van der Waals surface area contributed by atoms with Crippen LogP contribution in [0.1, 0.15) is 73.1 Å². The number of aliphatic hydroxyl groups is 1. The van der Waals surface area contributed by atoms with Crippen LogP contribution in [-0.2, 0) is 23.8 Å². The highest BCUT2D eigenvalue weighted by atomic mass is 16.7. The third kappa shape index (κ3) is 3.28. The monoisotopic (exact) mass is 472 g/mol. The Balaban J connectivity index is 1.53. The minimum absolute atomic E-state index is 0.00166. The van der Waals surface area contributed by atoms with Crippen LogP contribution in [0.15, 0.2) is 23.8 Å². The third-order valence-electron chi connectivity index (χ3n) is 9.78. The van der Waals surface area contributed by atoms with Crippen LogP contribution in [0.2, 0.25) is 0 Å². The molecular formula is C28H40O6. The highest BCUT2D eigenvalue weighted by Crippen LogP contribution is 2.69. The number of Topliss-reactive ketones (excluding diaryl/α,β-unsaturated/α-hetero) is 1. The minimum atomic E-state index is -1.09. The van der Waals surface area contributed by atoms with E-state index in [9.17, 15) is 14.7 Å². The lowest BCUT2D eigenvalue weighted by Gasteiger charge is -2.59. The molecule has 0 aromatic heterocycles. The Morgan fingerprint density at radius 1 is 1.32 bits per heavy atom. The fourth-order valence-corrected chi connectivity index (χ4v) is 8.36. The van der Waals surface area contributed by atoms with Gasteiger partial charge in [-0.1, -0.05) is 38.8 Å².